The van der Waals surface area contributed by atoms with Crippen molar-refractivity contribution in [2.24, 2.45) is 0 Å². The fraction of sp³-hybridized carbons (Fsp3) is 0.381. The molecule has 5 heteroatoms. The molecule has 1 fully saturated rings. The van der Waals surface area contributed by atoms with Gasteiger partial charge in [-0.3, -0.25) is 0 Å². The number of rotatable bonds is 7. The zero-order valence-electron chi connectivity index (χ0n) is 15.3. The van der Waals surface area contributed by atoms with Crippen molar-refractivity contribution in [3.05, 3.63) is 59.7 Å². The number of nitrogens with zero attached hydrogens (tertiary/aromatic N) is 1. The number of para-hydroxylation sites is 1. The van der Waals surface area contributed by atoms with Crippen molar-refractivity contribution in [1.29, 1.82) is 0 Å². The number of ether oxygens (including phenoxy) is 1. The van der Waals surface area contributed by atoms with Crippen LogP contribution < -0.4 is 20.3 Å². The highest BCUT2D eigenvalue weighted by molar-refractivity contribution is 5.74. The summed E-state index contributed by atoms with van der Waals surface area (Å²) >= 11 is 0. The van der Waals surface area contributed by atoms with E-state index in [1.807, 2.05) is 30.3 Å². The zero-order valence-corrected chi connectivity index (χ0v) is 15.3. The number of amides is 2. The van der Waals surface area contributed by atoms with Crippen LogP contribution in [0, 0.1) is 0 Å². The molecule has 2 aromatic rings. The molecule has 0 bridgehead atoms. The monoisotopic (exact) mass is 353 g/mol. The van der Waals surface area contributed by atoms with E-state index in [2.05, 4.69) is 33.7 Å². The third-order valence-corrected chi connectivity index (χ3v) is 4.74. The van der Waals surface area contributed by atoms with E-state index in [0.717, 1.165) is 25.3 Å². The second kappa shape index (κ2) is 9.13. The van der Waals surface area contributed by atoms with Crippen molar-refractivity contribution in [1.82, 2.24) is 10.6 Å². The molecule has 2 aromatic carbocycles. The zero-order chi connectivity index (χ0) is 18.2. The van der Waals surface area contributed by atoms with Gasteiger partial charge >= 0.3 is 6.03 Å². The minimum absolute atomic E-state index is 0.130. The largest absolute Gasteiger partial charge is 0.497 e. The normalized spacial score (nSPS) is 13.5. The lowest BCUT2D eigenvalue weighted by molar-refractivity contribution is 0.240. The summed E-state index contributed by atoms with van der Waals surface area (Å²) in [6, 6.07) is 16.1. The molecule has 0 unspecified atom stereocenters. The quantitative estimate of drug-likeness (QED) is 0.803. The Hall–Kier alpha value is -2.69. The number of benzene rings is 2. The topological polar surface area (TPSA) is 53.6 Å². The average Bonchev–Trinajstić information content (AvgIpc) is 3.22. The maximum atomic E-state index is 12.1. The molecule has 2 N–H and O–H groups in total. The van der Waals surface area contributed by atoms with E-state index in [-0.39, 0.29) is 6.03 Å². The molecular formula is C21H27N3O2. The lowest BCUT2D eigenvalue weighted by Gasteiger charge is -2.21. The average molecular weight is 353 g/mol. The predicted molar refractivity (Wildman–Crippen MR) is 105 cm³/mol. The van der Waals surface area contributed by atoms with Crippen LogP contribution in [0.4, 0.5) is 10.5 Å². The van der Waals surface area contributed by atoms with Gasteiger partial charge in [0.15, 0.2) is 0 Å². The maximum Gasteiger partial charge on any atom is 0.315 e. The van der Waals surface area contributed by atoms with Gasteiger partial charge in [-0.2, -0.15) is 0 Å². The van der Waals surface area contributed by atoms with E-state index in [1.54, 1.807) is 7.11 Å². The molecular weight excluding hydrogens is 326 g/mol. The third kappa shape index (κ3) is 4.91. The fourth-order valence-corrected chi connectivity index (χ4v) is 3.28. The van der Waals surface area contributed by atoms with Crippen molar-refractivity contribution in [3.8, 4) is 5.75 Å². The first-order valence-electron chi connectivity index (χ1n) is 9.24. The molecule has 1 saturated heterocycles. The van der Waals surface area contributed by atoms with E-state index in [9.17, 15) is 4.79 Å². The second-order valence-corrected chi connectivity index (χ2v) is 6.53. The summed E-state index contributed by atoms with van der Waals surface area (Å²) in [4.78, 5) is 14.5. The van der Waals surface area contributed by atoms with Crippen LogP contribution in [0.5, 0.6) is 5.75 Å². The second-order valence-electron chi connectivity index (χ2n) is 6.53. The Kier molecular flexibility index (Phi) is 6.36. The molecule has 1 aliphatic rings. The number of urea groups is 1. The van der Waals surface area contributed by atoms with Gasteiger partial charge in [0.2, 0.25) is 0 Å². The summed E-state index contributed by atoms with van der Waals surface area (Å²) in [5, 5.41) is 5.89. The van der Waals surface area contributed by atoms with E-state index in [4.69, 9.17) is 4.74 Å². The van der Waals surface area contributed by atoms with Gasteiger partial charge in [0.1, 0.15) is 5.75 Å². The van der Waals surface area contributed by atoms with Gasteiger partial charge < -0.3 is 20.3 Å². The van der Waals surface area contributed by atoms with Crippen LogP contribution in [0.15, 0.2) is 48.5 Å². The molecule has 2 amide bonds. The highest BCUT2D eigenvalue weighted by atomic mass is 16.5. The number of nitrogens with one attached hydrogen (secondary N) is 2. The van der Waals surface area contributed by atoms with Crippen molar-refractivity contribution in [3.63, 3.8) is 0 Å². The number of carbonyl (C=O) groups excluding carboxylic acids is 1. The standard InChI is InChI=1S/C21H27N3O2/c1-26-19-10-8-17(9-11-19)12-13-22-21(25)23-16-18-6-2-3-7-20(18)24-14-4-5-15-24/h2-3,6-11H,4-5,12-16H2,1H3,(H2,22,23,25). The van der Waals surface area contributed by atoms with Gasteiger partial charge in [0, 0.05) is 31.9 Å². The van der Waals surface area contributed by atoms with Gasteiger partial charge in [-0.15, -0.1) is 0 Å². The van der Waals surface area contributed by atoms with Gasteiger partial charge in [0.25, 0.3) is 0 Å². The Bertz CT molecular complexity index is 709. The summed E-state index contributed by atoms with van der Waals surface area (Å²) in [5.74, 6) is 0.844. The molecule has 0 atom stereocenters. The molecule has 3 rings (SSSR count). The maximum absolute atomic E-state index is 12.1. The van der Waals surface area contributed by atoms with Crippen LogP contribution in [-0.2, 0) is 13.0 Å². The molecule has 1 aliphatic heterocycles. The SMILES string of the molecule is COc1ccc(CCNC(=O)NCc2ccccc2N2CCCC2)cc1. The smallest absolute Gasteiger partial charge is 0.315 e. The van der Waals surface area contributed by atoms with Crippen molar-refractivity contribution >= 4 is 11.7 Å². The molecule has 5 nitrogen and oxygen atoms in total. The van der Waals surface area contributed by atoms with Crippen LogP contribution in [0.2, 0.25) is 0 Å². The Balaban J connectivity index is 1.44. The van der Waals surface area contributed by atoms with Crippen LogP contribution in [0.3, 0.4) is 0 Å². The molecule has 26 heavy (non-hydrogen) atoms. The first kappa shape index (κ1) is 18.1. The number of methoxy groups -OCH3 is 1. The van der Waals surface area contributed by atoms with Crippen LogP contribution >= 0.6 is 0 Å². The molecule has 0 radical (unpaired) electrons. The first-order valence-corrected chi connectivity index (χ1v) is 9.24. The predicted octanol–water partition coefficient (Wildman–Crippen LogP) is 3.34. The Morgan fingerprint density at radius 3 is 2.50 bits per heavy atom. The van der Waals surface area contributed by atoms with Crippen molar-refractivity contribution in [2.75, 3.05) is 31.6 Å². The number of hydrogen-bond donors (Lipinski definition) is 2. The first-order chi connectivity index (χ1) is 12.8. The number of carbonyl (C=O) groups is 1. The Labute approximate surface area is 155 Å². The molecule has 1 heterocycles. The highest BCUT2D eigenvalue weighted by Crippen LogP contribution is 2.24. The summed E-state index contributed by atoms with van der Waals surface area (Å²) < 4.78 is 5.15. The van der Waals surface area contributed by atoms with Gasteiger partial charge in [-0.1, -0.05) is 30.3 Å². The number of hydrogen-bond acceptors (Lipinski definition) is 3. The van der Waals surface area contributed by atoms with Crippen molar-refractivity contribution < 1.29 is 9.53 Å². The molecule has 0 spiro atoms. The number of anilines is 1. The summed E-state index contributed by atoms with van der Waals surface area (Å²) in [6.07, 6.45) is 3.28. The summed E-state index contributed by atoms with van der Waals surface area (Å²) in [5.41, 5.74) is 3.58. The minimum Gasteiger partial charge on any atom is -0.497 e. The molecule has 0 aromatic heterocycles. The summed E-state index contributed by atoms with van der Waals surface area (Å²) in [7, 11) is 1.66. The van der Waals surface area contributed by atoms with Crippen LogP contribution in [0.25, 0.3) is 0 Å². The minimum atomic E-state index is -0.130. The van der Waals surface area contributed by atoms with E-state index >= 15 is 0 Å². The van der Waals surface area contributed by atoms with Gasteiger partial charge in [0.05, 0.1) is 7.11 Å². The van der Waals surface area contributed by atoms with Crippen molar-refractivity contribution in [2.45, 2.75) is 25.8 Å². The lowest BCUT2D eigenvalue weighted by atomic mass is 10.1. The molecule has 0 saturated carbocycles. The van der Waals surface area contributed by atoms with Crippen LogP contribution in [-0.4, -0.2) is 32.8 Å². The van der Waals surface area contributed by atoms with Gasteiger partial charge in [-0.25, -0.2) is 4.79 Å². The Morgan fingerprint density at radius 1 is 1.04 bits per heavy atom. The fourth-order valence-electron chi connectivity index (χ4n) is 3.28. The van der Waals surface area contributed by atoms with E-state index < -0.39 is 0 Å². The van der Waals surface area contributed by atoms with E-state index in [0.29, 0.717) is 13.1 Å². The summed E-state index contributed by atoms with van der Waals surface area (Å²) in [6.45, 7) is 3.35. The van der Waals surface area contributed by atoms with Crippen LogP contribution in [0.1, 0.15) is 24.0 Å². The molecule has 0 aliphatic carbocycles. The molecule has 138 valence electrons. The van der Waals surface area contributed by atoms with E-state index in [1.165, 1.54) is 29.7 Å². The highest BCUT2D eigenvalue weighted by Gasteiger charge is 2.15. The lowest BCUT2D eigenvalue weighted by Crippen LogP contribution is -2.36. The Morgan fingerprint density at radius 2 is 1.77 bits per heavy atom. The third-order valence-electron chi connectivity index (χ3n) is 4.74. The van der Waals surface area contributed by atoms with Gasteiger partial charge in [-0.05, 0) is 48.6 Å².